The van der Waals surface area contributed by atoms with Crippen LogP contribution in [0.5, 0.6) is 0 Å². The Morgan fingerprint density at radius 2 is 0.643 bits per heavy atom. The molecule has 1 spiro atoms. The minimum Gasteiger partial charge on any atom is -0.374 e. The standard InChI is InChI=1S/C65H67O16P3/c66-82(72-44-54-29-13-3-14-30-54,73-45-55-31-15-4-16-32-55)79-60-41-65(71-50-60)64(70-43-53-27-11-2-12-28-53)63(81-84(68,76-48-58-37-21-7-22-38-58)77-49-59-39-23-8-24-40-59)62(61(78-65)51-69-42-52-25-9-1-10-26-52)80-83(67,74-46-56-33-17-5-18-34-56)75-47-57-35-19-6-20-36-57/h1-40,60-64H,41-51H2/t60-,61-,62-,63+,64-,65+/m1/s1. The molecular weight excluding hydrogens is 1130 g/mol. The van der Waals surface area contributed by atoms with Gasteiger partial charge in [-0.25, -0.2) is 13.7 Å². The molecule has 0 amide bonds. The SMILES string of the molecule is O=P(OCc1ccccc1)(OCc1ccccc1)O[C@H]1CO[C@@]2(C1)O[C@H](COCc1ccccc1)[C@@H](OP(=O)(OCc1ccccc1)OCc1ccccc1)[C@H](OP(=O)(OCc1ccccc1)OCc1ccccc1)[C@H]2OCc1ccccc1. The summed E-state index contributed by atoms with van der Waals surface area (Å²) in [6.45, 7) is -1.62. The van der Waals surface area contributed by atoms with Crippen molar-refractivity contribution in [3.05, 3.63) is 287 Å². The molecule has 84 heavy (non-hydrogen) atoms. The summed E-state index contributed by atoms with van der Waals surface area (Å²) in [5.41, 5.74) is 5.66. The van der Waals surface area contributed by atoms with Gasteiger partial charge in [0.25, 0.3) is 0 Å². The predicted octanol–water partition coefficient (Wildman–Crippen LogP) is 15.1. The van der Waals surface area contributed by atoms with E-state index in [1.165, 1.54) is 0 Å². The van der Waals surface area contributed by atoms with Gasteiger partial charge in [0.1, 0.15) is 24.4 Å². The zero-order valence-electron chi connectivity index (χ0n) is 46.1. The van der Waals surface area contributed by atoms with Crippen molar-refractivity contribution in [2.75, 3.05) is 13.2 Å². The maximum absolute atomic E-state index is 16.0. The van der Waals surface area contributed by atoms with Crippen molar-refractivity contribution in [1.82, 2.24) is 0 Å². The summed E-state index contributed by atoms with van der Waals surface area (Å²) < 4.78 is 132. The van der Waals surface area contributed by atoms with Crippen LogP contribution in [0.3, 0.4) is 0 Å². The highest BCUT2D eigenvalue weighted by Crippen LogP contribution is 2.61. The topological polar surface area (TPSA) is 171 Å². The zero-order chi connectivity index (χ0) is 57.8. The summed E-state index contributed by atoms with van der Waals surface area (Å²) in [6, 6.07) is 73.8. The van der Waals surface area contributed by atoms with Crippen molar-refractivity contribution in [2.45, 2.75) is 95.6 Å². The van der Waals surface area contributed by atoms with Crippen LogP contribution in [-0.4, -0.2) is 49.5 Å². The first-order valence-corrected chi connectivity index (χ1v) is 32.0. The molecule has 0 saturated carbocycles. The lowest BCUT2D eigenvalue weighted by Gasteiger charge is -2.50. The number of phosphoric acid groups is 3. The number of ether oxygens (including phenoxy) is 4. The number of hydrogen-bond donors (Lipinski definition) is 0. The fourth-order valence-electron chi connectivity index (χ4n) is 9.41. The van der Waals surface area contributed by atoms with Gasteiger partial charge in [-0.1, -0.05) is 243 Å². The van der Waals surface area contributed by atoms with Crippen molar-refractivity contribution in [1.29, 1.82) is 0 Å². The van der Waals surface area contributed by atoms with Crippen molar-refractivity contribution in [3.8, 4) is 0 Å². The van der Waals surface area contributed by atoms with Crippen molar-refractivity contribution >= 4 is 23.5 Å². The van der Waals surface area contributed by atoms with Crippen LogP contribution in [-0.2, 0) is 126 Å². The van der Waals surface area contributed by atoms with Crippen LogP contribution in [0.15, 0.2) is 243 Å². The van der Waals surface area contributed by atoms with E-state index in [2.05, 4.69) is 0 Å². The van der Waals surface area contributed by atoms with Gasteiger partial charge >= 0.3 is 23.5 Å². The van der Waals surface area contributed by atoms with E-state index >= 15 is 13.7 Å². The van der Waals surface area contributed by atoms with Gasteiger partial charge in [0.05, 0.1) is 72.2 Å². The molecule has 19 heteroatoms. The van der Waals surface area contributed by atoms with Crippen LogP contribution in [0.25, 0.3) is 0 Å². The second-order valence-corrected chi connectivity index (χ2v) is 24.8. The van der Waals surface area contributed by atoms with E-state index < -0.39 is 59.8 Å². The third-order valence-electron chi connectivity index (χ3n) is 13.6. The second-order valence-electron chi connectivity index (χ2n) is 20.0. The fourth-order valence-corrected chi connectivity index (χ4v) is 13.4. The Balaban J connectivity index is 1.07. The molecule has 2 aliphatic rings. The molecule has 2 saturated heterocycles. The summed E-state index contributed by atoms with van der Waals surface area (Å²) in [5.74, 6) is -1.95. The Labute approximate surface area is 490 Å². The molecule has 6 atom stereocenters. The van der Waals surface area contributed by atoms with Crippen LogP contribution in [0.4, 0.5) is 0 Å². The Bertz CT molecular complexity index is 3200. The molecule has 2 fully saturated rings. The summed E-state index contributed by atoms with van der Waals surface area (Å²) >= 11 is 0. The summed E-state index contributed by atoms with van der Waals surface area (Å²) in [6.07, 6.45) is -7.41. The van der Waals surface area contributed by atoms with E-state index in [9.17, 15) is 0 Å². The predicted molar refractivity (Wildman–Crippen MR) is 314 cm³/mol. The first-order valence-electron chi connectivity index (χ1n) is 27.6. The van der Waals surface area contributed by atoms with Gasteiger partial charge in [-0.15, -0.1) is 0 Å². The minimum absolute atomic E-state index is 0.0959. The lowest BCUT2D eigenvalue weighted by molar-refractivity contribution is -0.356. The molecule has 0 aromatic heterocycles. The number of benzene rings is 8. The summed E-state index contributed by atoms with van der Waals surface area (Å²) in [5, 5.41) is 0. The van der Waals surface area contributed by atoms with Gasteiger partial charge in [0, 0.05) is 6.42 Å². The molecule has 2 heterocycles. The van der Waals surface area contributed by atoms with Crippen molar-refractivity contribution < 1.29 is 73.4 Å². The molecule has 16 nitrogen and oxygen atoms in total. The molecule has 8 aromatic rings. The van der Waals surface area contributed by atoms with Crippen molar-refractivity contribution in [3.63, 3.8) is 0 Å². The minimum atomic E-state index is -4.86. The number of hydrogen-bond acceptors (Lipinski definition) is 16. The quantitative estimate of drug-likeness (QED) is 0.0375. The number of rotatable bonds is 31. The Hall–Kier alpha value is -6.07. The normalized spacial score (nSPS) is 20.0. The van der Waals surface area contributed by atoms with Gasteiger partial charge in [-0.2, -0.15) is 0 Å². The average Bonchev–Trinajstić information content (AvgIpc) is 3.93. The Morgan fingerprint density at radius 1 is 0.357 bits per heavy atom. The highest BCUT2D eigenvalue weighted by Gasteiger charge is 2.64. The molecule has 0 radical (unpaired) electrons. The highest BCUT2D eigenvalue weighted by molar-refractivity contribution is 7.49. The molecule has 0 bridgehead atoms. The summed E-state index contributed by atoms with van der Waals surface area (Å²) in [4.78, 5) is 0. The molecule has 8 aromatic carbocycles. The third-order valence-corrected chi connectivity index (χ3v) is 17.9. The fraction of sp³-hybridized carbons (Fsp3) is 0.262. The van der Waals surface area contributed by atoms with Crippen LogP contribution >= 0.6 is 23.5 Å². The van der Waals surface area contributed by atoms with Gasteiger partial charge in [0.2, 0.25) is 5.79 Å². The van der Waals surface area contributed by atoms with Gasteiger partial charge in [0.15, 0.2) is 0 Å². The second kappa shape index (κ2) is 30.3. The van der Waals surface area contributed by atoms with E-state index in [-0.39, 0.29) is 72.5 Å². The lowest BCUT2D eigenvalue weighted by atomic mass is 9.90. The largest absolute Gasteiger partial charge is 0.475 e. The maximum atomic E-state index is 16.0. The van der Waals surface area contributed by atoms with E-state index in [1.54, 1.807) is 0 Å². The molecule has 10 rings (SSSR count). The molecule has 2 aliphatic heterocycles. The van der Waals surface area contributed by atoms with Gasteiger partial charge < -0.3 is 18.9 Å². The van der Waals surface area contributed by atoms with E-state index in [1.807, 2.05) is 243 Å². The monoisotopic (exact) mass is 1200 g/mol. The number of phosphoric ester groups is 3. The Morgan fingerprint density at radius 3 is 0.976 bits per heavy atom. The van der Waals surface area contributed by atoms with Crippen LogP contribution in [0.2, 0.25) is 0 Å². The Kier molecular flexibility index (Phi) is 22.0. The first-order chi connectivity index (χ1) is 41.1. The molecular formula is C65H67O16P3. The maximum Gasteiger partial charge on any atom is 0.475 e. The molecule has 0 unspecified atom stereocenters. The van der Waals surface area contributed by atoms with Crippen LogP contribution in [0.1, 0.15) is 50.9 Å². The smallest absolute Gasteiger partial charge is 0.374 e. The van der Waals surface area contributed by atoms with Gasteiger partial charge in [-0.05, 0) is 44.5 Å². The van der Waals surface area contributed by atoms with Crippen LogP contribution in [0, 0.1) is 0 Å². The molecule has 0 N–H and O–H groups in total. The third kappa shape index (κ3) is 18.0. The first kappa shape index (κ1) is 61.0. The zero-order valence-corrected chi connectivity index (χ0v) is 48.8. The van der Waals surface area contributed by atoms with E-state index in [4.69, 9.17) is 59.7 Å². The van der Waals surface area contributed by atoms with E-state index in [0.717, 1.165) is 22.3 Å². The average molecular weight is 1200 g/mol. The van der Waals surface area contributed by atoms with Gasteiger partial charge in [-0.3, -0.25) is 40.7 Å². The van der Waals surface area contributed by atoms with E-state index in [0.29, 0.717) is 22.3 Å². The lowest BCUT2D eigenvalue weighted by Crippen LogP contribution is -2.66. The molecule has 438 valence electrons. The van der Waals surface area contributed by atoms with Crippen LogP contribution < -0.4 is 0 Å². The summed E-state index contributed by atoms with van der Waals surface area (Å²) in [7, 11) is -14.1. The van der Waals surface area contributed by atoms with Crippen molar-refractivity contribution in [2.24, 2.45) is 0 Å². The molecule has 0 aliphatic carbocycles. The highest BCUT2D eigenvalue weighted by atomic mass is 31.2.